The Kier molecular flexibility index (Phi) is 8.36. The summed E-state index contributed by atoms with van der Waals surface area (Å²) in [5.41, 5.74) is 3.64. The van der Waals surface area contributed by atoms with E-state index in [9.17, 15) is 0 Å². The van der Waals surface area contributed by atoms with Crippen LogP contribution in [-0.4, -0.2) is 35.1 Å². The fourth-order valence-electron chi connectivity index (χ4n) is 3.81. The molecular weight excluding hydrogens is 393 g/mol. The minimum Gasteiger partial charge on any atom is -0.496 e. The van der Waals surface area contributed by atoms with Crippen molar-refractivity contribution in [3.05, 3.63) is 72.1 Å². The van der Waals surface area contributed by atoms with Gasteiger partial charge in [-0.3, -0.25) is 4.90 Å². The number of nitrogens with one attached hydrogen (secondary N) is 1. The van der Waals surface area contributed by atoms with Crippen molar-refractivity contribution in [1.82, 2.24) is 14.9 Å². The van der Waals surface area contributed by atoms with Crippen LogP contribution in [0.4, 0.5) is 0 Å². The number of benzene rings is 2. The van der Waals surface area contributed by atoms with Crippen LogP contribution in [0.3, 0.4) is 0 Å². The van der Waals surface area contributed by atoms with Gasteiger partial charge < -0.3 is 9.72 Å². The van der Waals surface area contributed by atoms with E-state index in [4.69, 9.17) is 4.74 Å². The molecule has 0 radical (unpaired) electrons. The van der Waals surface area contributed by atoms with Crippen molar-refractivity contribution in [2.24, 2.45) is 0 Å². The summed E-state index contributed by atoms with van der Waals surface area (Å²) < 4.78 is 5.44. The molecular formula is C22H27Cl2N3O. The van der Waals surface area contributed by atoms with Crippen LogP contribution in [0.2, 0.25) is 0 Å². The molecule has 0 bridgehead atoms. The van der Waals surface area contributed by atoms with Crippen LogP contribution in [0, 0.1) is 0 Å². The van der Waals surface area contributed by atoms with Crippen molar-refractivity contribution in [2.45, 2.75) is 25.3 Å². The number of rotatable bonds is 5. The fourth-order valence-corrected chi connectivity index (χ4v) is 3.81. The van der Waals surface area contributed by atoms with Gasteiger partial charge in [0.15, 0.2) is 0 Å². The molecule has 1 N–H and O–H groups in total. The Morgan fingerprint density at radius 1 is 1.00 bits per heavy atom. The molecule has 2 aromatic carbocycles. The Morgan fingerprint density at radius 3 is 2.39 bits per heavy atom. The highest BCUT2D eigenvalue weighted by molar-refractivity contribution is 5.85. The smallest absolute Gasteiger partial charge is 0.141 e. The Bertz CT molecular complexity index is 846. The molecule has 1 saturated heterocycles. The fraction of sp³-hybridized carbons (Fsp3) is 0.318. The molecule has 4 rings (SSSR count). The average molecular weight is 420 g/mol. The summed E-state index contributed by atoms with van der Waals surface area (Å²) in [6.45, 7) is 3.18. The van der Waals surface area contributed by atoms with Gasteiger partial charge in [0.05, 0.1) is 12.7 Å². The van der Waals surface area contributed by atoms with Crippen LogP contribution < -0.4 is 4.74 Å². The molecule has 28 heavy (non-hydrogen) atoms. The maximum absolute atomic E-state index is 5.44. The number of H-pyrrole nitrogens is 1. The molecule has 0 unspecified atom stereocenters. The second-order valence-electron chi connectivity index (χ2n) is 6.92. The molecule has 0 atom stereocenters. The molecule has 4 nitrogen and oxygen atoms in total. The first kappa shape index (κ1) is 22.3. The molecule has 150 valence electrons. The molecule has 0 amide bonds. The zero-order chi connectivity index (χ0) is 17.8. The molecule has 0 spiro atoms. The van der Waals surface area contributed by atoms with Crippen molar-refractivity contribution in [1.29, 1.82) is 0 Å². The number of aromatic amines is 1. The van der Waals surface area contributed by atoms with E-state index in [0.29, 0.717) is 5.92 Å². The van der Waals surface area contributed by atoms with E-state index in [0.717, 1.165) is 42.5 Å². The first-order valence-electron chi connectivity index (χ1n) is 9.28. The number of hydrogen-bond acceptors (Lipinski definition) is 3. The molecule has 0 saturated carbocycles. The average Bonchev–Trinajstić information content (AvgIpc) is 3.17. The van der Waals surface area contributed by atoms with Gasteiger partial charge in [-0.1, -0.05) is 42.5 Å². The van der Waals surface area contributed by atoms with Gasteiger partial charge in [-0.05, 0) is 49.5 Å². The van der Waals surface area contributed by atoms with Gasteiger partial charge in [-0.2, -0.15) is 0 Å². The lowest BCUT2D eigenvalue weighted by atomic mass is 9.89. The Hall–Kier alpha value is -2.01. The summed E-state index contributed by atoms with van der Waals surface area (Å²) in [5.74, 6) is 2.41. The third-order valence-corrected chi connectivity index (χ3v) is 5.24. The highest BCUT2D eigenvalue weighted by Crippen LogP contribution is 2.29. The lowest BCUT2D eigenvalue weighted by Gasteiger charge is -2.31. The van der Waals surface area contributed by atoms with E-state index < -0.39 is 0 Å². The highest BCUT2D eigenvalue weighted by Gasteiger charge is 2.21. The number of aromatic nitrogens is 2. The third-order valence-electron chi connectivity index (χ3n) is 5.24. The van der Waals surface area contributed by atoms with Crippen LogP contribution in [0.1, 0.15) is 30.0 Å². The number of para-hydroxylation sites is 1. The third kappa shape index (κ3) is 5.07. The number of methoxy groups -OCH3 is 1. The topological polar surface area (TPSA) is 41.1 Å². The van der Waals surface area contributed by atoms with Gasteiger partial charge in [0.25, 0.3) is 0 Å². The van der Waals surface area contributed by atoms with E-state index in [1.165, 1.54) is 18.4 Å². The molecule has 1 aromatic heterocycles. The van der Waals surface area contributed by atoms with Crippen molar-refractivity contribution in [2.75, 3.05) is 20.2 Å². The lowest BCUT2D eigenvalue weighted by molar-refractivity contribution is 0.203. The molecule has 1 aliphatic rings. The Morgan fingerprint density at radius 2 is 1.68 bits per heavy atom. The molecule has 0 aliphatic carbocycles. The quantitative estimate of drug-likeness (QED) is 0.608. The molecule has 1 aliphatic heterocycles. The van der Waals surface area contributed by atoms with Crippen LogP contribution in [0.25, 0.3) is 11.4 Å². The number of nitrogens with zero attached hydrogens (tertiary/aromatic N) is 2. The minimum absolute atomic E-state index is 0. The minimum atomic E-state index is 0. The van der Waals surface area contributed by atoms with Gasteiger partial charge in [0.1, 0.15) is 11.6 Å². The molecule has 3 aromatic rings. The van der Waals surface area contributed by atoms with Crippen LogP contribution >= 0.6 is 24.8 Å². The second-order valence-corrected chi connectivity index (χ2v) is 6.92. The van der Waals surface area contributed by atoms with Crippen LogP contribution in [0.5, 0.6) is 5.75 Å². The SMILES string of the molecule is COc1ccccc1-c1ncc(CN2CCC(c3ccccc3)CC2)[nH]1.Cl.Cl. The summed E-state index contributed by atoms with van der Waals surface area (Å²) in [6.07, 6.45) is 4.39. The summed E-state index contributed by atoms with van der Waals surface area (Å²) in [7, 11) is 1.69. The summed E-state index contributed by atoms with van der Waals surface area (Å²) in [4.78, 5) is 10.5. The number of ether oxygens (including phenoxy) is 1. The predicted molar refractivity (Wildman–Crippen MR) is 119 cm³/mol. The number of imidazole rings is 1. The van der Waals surface area contributed by atoms with E-state index in [-0.39, 0.29) is 24.8 Å². The normalized spacial score (nSPS) is 14.8. The Labute approximate surface area is 179 Å². The van der Waals surface area contributed by atoms with Gasteiger partial charge in [0, 0.05) is 18.4 Å². The van der Waals surface area contributed by atoms with Gasteiger partial charge in [-0.15, -0.1) is 24.8 Å². The first-order valence-corrected chi connectivity index (χ1v) is 9.28. The maximum atomic E-state index is 5.44. The standard InChI is InChI=1S/C22H25N3O.2ClH/c1-26-21-10-6-5-9-20(21)22-23-15-19(24-22)16-25-13-11-18(12-14-25)17-7-3-2-4-8-17;;/h2-10,15,18H,11-14,16H2,1H3,(H,23,24);2*1H. The first-order chi connectivity index (χ1) is 12.8. The summed E-state index contributed by atoms with van der Waals surface area (Å²) in [5, 5.41) is 0. The van der Waals surface area contributed by atoms with Crippen LogP contribution in [0.15, 0.2) is 60.8 Å². The molecule has 2 heterocycles. The van der Waals surface area contributed by atoms with Crippen molar-refractivity contribution < 1.29 is 4.74 Å². The van der Waals surface area contributed by atoms with E-state index in [1.807, 2.05) is 30.5 Å². The van der Waals surface area contributed by atoms with Crippen molar-refractivity contribution >= 4 is 24.8 Å². The van der Waals surface area contributed by atoms with Crippen molar-refractivity contribution in [3.8, 4) is 17.1 Å². The predicted octanol–water partition coefficient (Wildman–Crippen LogP) is 5.31. The van der Waals surface area contributed by atoms with Gasteiger partial charge in [-0.25, -0.2) is 4.98 Å². The summed E-state index contributed by atoms with van der Waals surface area (Å²) in [6, 6.07) is 18.9. The lowest BCUT2D eigenvalue weighted by Crippen LogP contribution is -2.32. The number of piperidine rings is 1. The number of hydrogen-bond donors (Lipinski definition) is 1. The zero-order valence-corrected chi connectivity index (χ0v) is 17.6. The van der Waals surface area contributed by atoms with E-state index in [2.05, 4.69) is 45.2 Å². The van der Waals surface area contributed by atoms with E-state index >= 15 is 0 Å². The van der Waals surface area contributed by atoms with Gasteiger partial charge in [0.2, 0.25) is 0 Å². The monoisotopic (exact) mass is 419 g/mol. The summed E-state index contributed by atoms with van der Waals surface area (Å²) >= 11 is 0. The van der Waals surface area contributed by atoms with Crippen LogP contribution in [-0.2, 0) is 6.54 Å². The molecule has 6 heteroatoms. The Balaban J connectivity index is 0.00000140. The van der Waals surface area contributed by atoms with Crippen molar-refractivity contribution in [3.63, 3.8) is 0 Å². The second kappa shape index (κ2) is 10.5. The number of likely N-dealkylation sites (tertiary alicyclic amines) is 1. The van der Waals surface area contributed by atoms with Gasteiger partial charge >= 0.3 is 0 Å². The maximum Gasteiger partial charge on any atom is 0.141 e. The largest absolute Gasteiger partial charge is 0.496 e. The number of halogens is 2. The highest BCUT2D eigenvalue weighted by atomic mass is 35.5. The molecule has 1 fully saturated rings. The zero-order valence-electron chi connectivity index (χ0n) is 16.0. The van der Waals surface area contributed by atoms with E-state index in [1.54, 1.807) is 7.11 Å².